The van der Waals surface area contributed by atoms with Gasteiger partial charge in [-0.3, -0.25) is 0 Å². The van der Waals surface area contributed by atoms with Crippen LogP contribution in [0.2, 0.25) is 0 Å². The molecule has 1 N–H and O–H groups in total. The zero-order valence-corrected chi connectivity index (χ0v) is 8.10. The van der Waals surface area contributed by atoms with Gasteiger partial charge in [0, 0.05) is 4.90 Å². The van der Waals surface area contributed by atoms with E-state index < -0.39 is 0 Å². The van der Waals surface area contributed by atoms with Crippen molar-refractivity contribution < 1.29 is 5.11 Å². The first-order valence-electron chi connectivity index (χ1n) is 3.37. The lowest BCUT2D eigenvalue weighted by atomic mass is 10.1. The molecule has 2 atom stereocenters. The van der Waals surface area contributed by atoms with Gasteiger partial charge in [0.2, 0.25) is 0 Å². The van der Waals surface area contributed by atoms with Gasteiger partial charge >= 0.3 is 0 Å². The van der Waals surface area contributed by atoms with E-state index >= 15 is 0 Å². The third-order valence-corrected chi connectivity index (χ3v) is 3.90. The Labute approximate surface area is 77.9 Å². The number of aliphatic hydroxyl groups excluding tert-OH is 1. The van der Waals surface area contributed by atoms with Crippen molar-refractivity contribution in [3.63, 3.8) is 0 Å². The molecule has 0 aromatic heterocycles. The van der Waals surface area contributed by atoms with E-state index in [4.69, 9.17) is 0 Å². The molecule has 2 rings (SSSR count). The second-order valence-electron chi connectivity index (χ2n) is 2.45. The third-order valence-electron chi connectivity index (χ3n) is 1.73. The van der Waals surface area contributed by atoms with Gasteiger partial charge in [0.05, 0.1) is 4.16 Å². The molecule has 0 saturated carbocycles. The summed E-state index contributed by atoms with van der Waals surface area (Å²) in [6.45, 7) is 0. The Kier molecular flexibility index (Phi) is 1.95. The number of rotatable bonds is 0. The van der Waals surface area contributed by atoms with Gasteiger partial charge in [-0.2, -0.15) is 0 Å². The maximum absolute atomic E-state index is 9.58. The Bertz CT molecular complexity index is 277. The molecule has 0 fully saturated rings. The van der Waals surface area contributed by atoms with Crippen molar-refractivity contribution in [2.75, 3.05) is 0 Å². The zero-order valence-electron chi connectivity index (χ0n) is 5.70. The average molecular weight is 231 g/mol. The van der Waals surface area contributed by atoms with Crippen LogP contribution >= 0.6 is 27.7 Å². The minimum Gasteiger partial charge on any atom is -0.386 e. The highest BCUT2D eigenvalue weighted by Crippen LogP contribution is 2.46. The van der Waals surface area contributed by atoms with E-state index in [1.54, 1.807) is 11.8 Å². The molecule has 58 valence electrons. The molecule has 0 spiro atoms. The second kappa shape index (κ2) is 2.81. The third kappa shape index (κ3) is 1.21. The molecule has 1 nitrogen and oxygen atoms in total. The van der Waals surface area contributed by atoms with Crippen molar-refractivity contribution in [3.8, 4) is 0 Å². The Morgan fingerprint density at radius 2 is 2.09 bits per heavy atom. The maximum atomic E-state index is 9.58. The van der Waals surface area contributed by atoms with Gasteiger partial charge in [0.1, 0.15) is 6.10 Å². The molecule has 1 heterocycles. The standard InChI is InChI=1S/C8H7BrOS/c9-8-7(10)5-3-1-2-4-6(5)11-8/h1-4,7-8,10H. The van der Waals surface area contributed by atoms with Gasteiger partial charge in [-0.1, -0.05) is 34.1 Å². The number of benzene rings is 1. The van der Waals surface area contributed by atoms with E-state index in [-0.39, 0.29) is 10.3 Å². The summed E-state index contributed by atoms with van der Waals surface area (Å²) in [4.78, 5) is 1.18. The minimum absolute atomic E-state index is 0.125. The summed E-state index contributed by atoms with van der Waals surface area (Å²) in [5, 5.41) is 9.58. The largest absolute Gasteiger partial charge is 0.386 e. The Morgan fingerprint density at radius 3 is 2.82 bits per heavy atom. The Balaban J connectivity index is 2.47. The van der Waals surface area contributed by atoms with Crippen LogP contribution in [-0.4, -0.2) is 9.27 Å². The lowest BCUT2D eigenvalue weighted by Gasteiger charge is -2.04. The molecule has 2 unspecified atom stereocenters. The fraction of sp³-hybridized carbons (Fsp3) is 0.250. The fourth-order valence-corrected chi connectivity index (χ4v) is 3.05. The monoisotopic (exact) mass is 230 g/mol. The highest BCUT2D eigenvalue weighted by atomic mass is 79.9. The number of thioether (sulfide) groups is 1. The van der Waals surface area contributed by atoms with E-state index in [1.807, 2.05) is 24.3 Å². The molecule has 1 aromatic rings. The summed E-state index contributed by atoms with van der Waals surface area (Å²) in [5.41, 5.74) is 1.04. The fourth-order valence-electron chi connectivity index (χ4n) is 1.16. The number of fused-ring (bicyclic) bond motifs is 1. The van der Waals surface area contributed by atoms with Gasteiger partial charge in [0.25, 0.3) is 0 Å². The molecular weight excluding hydrogens is 224 g/mol. The quantitative estimate of drug-likeness (QED) is 0.692. The normalized spacial score (nSPS) is 28.5. The van der Waals surface area contributed by atoms with Crippen molar-refractivity contribution in [2.24, 2.45) is 0 Å². The smallest absolute Gasteiger partial charge is 0.102 e. The van der Waals surface area contributed by atoms with Crippen LogP contribution in [0.3, 0.4) is 0 Å². The summed E-state index contributed by atoms with van der Waals surface area (Å²) in [7, 11) is 0. The van der Waals surface area contributed by atoms with E-state index in [0.717, 1.165) is 5.56 Å². The zero-order chi connectivity index (χ0) is 7.84. The van der Waals surface area contributed by atoms with Crippen molar-refractivity contribution >= 4 is 27.7 Å². The molecule has 3 heteroatoms. The van der Waals surface area contributed by atoms with Gasteiger partial charge in [-0.25, -0.2) is 0 Å². The molecule has 0 radical (unpaired) electrons. The Morgan fingerprint density at radius 1 is 1.36 bits per heavy atom. The van der Waals surface area contributed by atoms with Gasteiger partial charge < -0.3 is 5.11 Å². The maximum Gasteiger partial charge on any atom is 0.102 e. The lowest BCUT2D eigenvalue weighted by Crippen LogP contribution is -1.99. The second-order valence-corrected chi connectivity index (χ2v) is 5.23. The average Bonchev–Trinajstić information content (AvgIpc) is 2.30. The van der Waals surface area contributed by atoms with Crippen LogP contribution in [-0.2, 0) is 0 Å². The number of hydrogen-bond donors (Lipinski definition) is 1. The van der Waals surface area contributed by atoms with E-state index in [2.05, 4.69) is 15.9 Å². The molecule has 11 heavy (non-hydrogen) atoms. The summed E-state index contributed by atoms with van der Waals surface area (Å²) in [6, 6.07) is 7.94. The van der Waals surface area contributed by atoms with Crippen LogP contribution in [0.4, 0.5) is 0 Å². The van der Waals surface area contributed by atoms with Gasteiger partial charge in [0.15, 0.2) is 0 Å². The first-order chi connectivity index (χ1) is 5.29. The van der Waals surface area contributed by atoms with E-state index in [9.17, 15) is 5.11 Å². The molecule has 0 saturated heterocycles. The summed E-state index contributed by atoms with van der Waals surface area (Å²) < 4.78 is 0.125. The number of hydrogen-bond acceptors (Lipinski definition) is 2. The minimum atomic E-state index is -0.351. The van der Waals surface area contributed by atoms with Crippen molar-refractivity contribution in [3.05, 3.63) is 29.8 Å². The molecule has 1 aromatic carbocycles. The Hall–Kier alpha value is 0.01000. The SMILES string of the molecule is OC1c2ccccc2SC1Br. The lowest BCUT2D eigenvalue weighted by molar-refractivity contribution is 0.199. The van der Waals surface area contributed by atoms with Crippen molar-refractivity contribution in [1.82, 2.24) is 0 Å². The highest BCUT2D eigenvalue weighted by Gasteiger charge is 2.28. The van der Waals surface area contributed by atoms with Crippen molar-refractivity contribution in [1.29, 1.82) is 0 Å². The van der Waals surface area contributed by atoms with Gasteiger partial charge in [-0.15, -0.1) is 11.8 Å². The van der Waals surface area contributed by atoms with Gasteiger partial charge in [-0.05, 0) is 11.6 Å². The first-order valence-corrected chi connectivity index (χ1v) is 5.16. The molecule has 1 aliphatic heterocycles. The van der Waals surface area contributed by atoms with Crippen LogP contribution in [0.25, 0.3) is 0 Å². The predicted molar refractivity (Wildman–Crippen MR) is 50.0 cm³/mol. The summed E-state index contributed by atoms with van der Waals surface area (Å²) in [5.74, 6) is 0. The first kappa shape index (κ1) is 7.65. The summed E-state index contributed by atoms with van der Waals surface area (Å²) >= 11 is 5.06. The summed E-state index contributed by atoms with van der Waals surface area (Å²) in [6.07, 6.45) is -0.351. The van der Waals surface area contributed by atoms with Crippen LogP contribution in [0.5, 0.6) is 0 Å². The highest BCUT2D eigenvalue weighted by molar-refractivity contribution is 9.11. The van der Waals surface area contributed by atoms with Crippen LogP contribution in [0, 0.1) is 0 Å². The van der Waals surface area contributed by atoms with Crippen LogP contribution < -0.4 is 0 Å². The molecule has 1 aliphatic rings. The number of halogens is 1. The molecule has 0 bridgehead atoms. The molecular formula is C8H7BrOS. The topological polar surface area (TPSA) is 20.2 Å². The molecule has 0 aliphatic carbocycles. The number of aliphatic hydroxyl groups is 1. The van der Waals surface area contributed by atoms with Crippen molar-refractivity contribution in [2.45, 2.75) is 15.2 Å². The van der Waals surface area contributed by atoms with E-state index in [0.29, 0.717) is 0 Å². The number of alkyl halides is 1. The predicted octanol–water partition coefficient (Wildman–Crippen LogP) is 2.55. The molecule has 0 amide bonds. The van der Waals surface area contributed by atoms with Crippen LogP contribution in [0.15, 0.2) is 29.2 Å². The van der Waals surface area contributed by atoms with E-state index in [1.165, 1.54) is 4.90 Å². The van der Waals surface area contributed by atoms with Crippen LogP contribution in [0.1, 0.15) is 11.7 Å².